The number of piperazine rings is 1. The number of hydrogen-bond donors (Lipinski definition) is 2. The van der Waals surface area contributed by atoms with Gasteiger partial charge in [0.25, 0.3) is 0 Å². The number of nitrogens with two attached hydrogens (primary N) is 1. The van der Waals surface area contributed by atoms with Crippen LogP contribution in [0.25, 0.3) is 0 Å². The van der Waals surface area contributed by atoms with Gasteiger partial charge in [-0.25, -0.2) is 13.6 Å². The standard InChI is InChI=1S/C19H23ClN4O3S/c1-14(19(25)22-15-6-8-16(9-7-15)28(21,26)27)23-10-12-24(13-11-23)18-5-3-2-4-17(18)20/h2-9,14H,10-13H2,1H3,(H,22,25)(H2,21,26,27)/t14-/m1/s1. The molecule has 0 aromatic heterocycles. The summed E-state index contributed by atoms with van der Waals surface area (Å²) in [5.41, 5.74) is 1.54. The maximum Gasteiger partial charge on any atom is 0.241 e. The molecule has 0 unspecified atom stereocenters. The predicted molar refractivity (Wildman–Crippen MR) is 111 cm³/mol. The Balaban J connectivity index is 1.57. The zero-order valence-corrected chi connectivity index (χ0v) is 17.1. The van der Waals surface area contributed by atoms with Crippen LogP contribution < -0.4 is 15.4 Å². The molecule has 1 saturated heterocycles. The maximum absolute atomic E-state index is 12.6. The molecule has 2 aromatic carbocycles. The van der Waals surface area contributed by atoms with Crippen LogP contribution in [0.4, 0.5) is 11.4 Å². The van der Waals surface area contributed by atoms with Crippen molar-refractivity contribution in [2.45, 2.75) is 17.9 Å². The van der Waals surface area contributed by atoms with Gasteiger partial charge in [0, 0.05) is 31.9 Å². The third kappa shape index (κ3) is 4.82. The summed E-state index contributed by atoms with van der Waals surface area (Å²) in [6, 6.07) is 13.2. The molecule has 0 radical (unpaired) electrons. The minimum Gasteiger partial charge on any atom is -0.368 e. The molecule has 1 atom stereocenters. The zero-order valence-electron chi connectivity index (χ0n) is 15.5. The third-order valence-electron chi connectivity index (χ3n) is 4.88. The second-order valence-corrected chi connectivity index (χ2v) is 8.68. The van der Waals surface area contributed by atoms with Crippen molar-refractivity contribution in [2.24, 2.45) is 5.14 Å². The lowest BCUT2D eigenvalue weighted by atomic mass is 10.2. The maximum atomic E-state index is 12.6. The van der Waals surface area contributed by atoms with Crippen LogP contribution in [0.15, 0.2) is 53.4 Å². The Kier molecular flexibility index (Phi) is 6.24. The van der Waals surface area contributed by atoms with Crippen LogP contribution in [-0.4, -0.2) is 51.4 Å². The fourth-order valence-electron chi connectivity index (χ4n) is 3.20. The van der Waals surface area contributed by atoms with Gasteiger partial charge in [0.1, 0.15) is 0 Å². The van der Waals surface area contributed by atoms with E-state index in [4.69, 9.17) is 16.7 Å². The number of para-hydroxylation sites is 1. The van der Waals surface area contributed by atoms with Gasteiger partial charge in [-0.2, -0.15) is 0 Å². The van der Waals surface area contributed by atoms with Gasteiger partial charge in [0.15, 0.2) is 0 Å². The monoisotopic (exact) mass is 422 g/mol. The summed E-state index contributed by atoms with van der Waals surface area (Å²) in [5.74, 6) is -0.144. The van der Waals surface area contributed by atoms with Crippen molar-refractivity contribution in [2.75, 3.05) is 36.4 Å². The van der Waals surface area contributed by atoms with E-state index in [1.165, 1.54) is 24.3 Å². The van der Waals surface area contributed by atoms with Crippen molar-refractivity contribution < 1.29 is 13.2 Å². The number of halogens is 1. The minimum atomic E-state index is -3.75. The van der Waals surface area contributed by atoms with E-state index in [1.807, 2.05) is 31.2 Å². The zero-order chi connectivity index (χ0) is 20.3. The Morgan fingerprint density at radius 1 is 1.07 bits per heavy atom. The number of primary sulfonamides is 1. The van der Waals surface area contributed by atoms with Crippen LogP contribution in [0.1, 0.15) is 6.92 Å². The van der Waals surface area contributed by atoms with Crippen molar-refractivity contribution in [3.05, 3.63) is 53.6 Å². The van der Waals surface area contributed by atoms with Gasteiger partial charge >= 0.3 is 0 Å². The van der Waals surface area contributed by atoms with Gasteiger partial charge in [0.2, 0.25) is 15.9 Å². The number of amides is 1. The number of nitrogens with one attached hydrogen (secondary N) is 1. The average molecular weight is 423 g/mol. The number of benzene rings is 2. The lowest BCUT2D eigenvalue weighted by Crippen LogP contribution is -2.52. The van der Waals surface area contributed by atoms with Crippen molar-refractivity contribution in [3.8, 4) is 0 Å². The molecule has 3 N–H and O–H groups in total. The van der Waals surface area contributed by atoms with Crippen molar-refractivity contribution in [1.29, 1.82) is 0 Å². The first-order valence-corrected chi connectivity index (χ1v) is 10.9. The highest BCUT2D eigenvalue weighted by Crippen LogP contribution is 2.26. The smallest absolute Gasteiger partial charge is 0.241 e. The number of carbonyl (C=O) groups excluding carboxylic acids is 1. The predicted octanol–water partition coefficient (Wildman–Crippen LogP) is 2.14. The normalized spacial score (nSPS) is 16.6. The molecular formula is C19H23ClN4O3S. The molecule has 0 aliphatic carbocycles. The molecule has 7 nitrogen and oxygen atoms in total. The first-order chi connectivity index (χ1) is 13.3. The average Bonchev–Trinajstić information content (AvgIpc) is 2.67. The highest BCUT2D eigenvalue weighted by atomic mass is 35.5. The number of anilines is 2. The first kappa shape index (κ1) is 20.6. The quantitative estimate of drug-likeness (QED) is 0.769. The summed E-state index contributed by atoms with van der Waals surface area (Å²) in [4.78, 5) is 16.9. The van der Waals surface area contributed by atoms with Crippen LogP contribution in [0.2, 0.25) is 5.02 Å². The molecule has 150 valence electrons. The second-order valence-electron chi connectivity index (χ2n) is 6.71. The largest absolute Gasteiger partial charge is 0.368 e. The fraction of sp³-hybridized carbons (Fsp3) is 0.316. The molecule has 28 heavy (non-hydrogen) atoms. The van der Waals surface area contributed by atoms with Gasteiger partial charge < -0.3 is 10.2 Å². The Hall–Kier alpha value is -2.13. The molecule has 2 aromatic rings. The molecule has 1 amide bonds. The molecule has 1 fully saturated rings. The van der Waals surface area contributed by atoms with E-state index in [-0.39, 0.29) is 16.8 Å². The number of rotatable bonds is 5. The van der Waals surface area contributed by atoms with E-state index in [0.717, 1.165) is 36.9 Å². The van der Waals surface area contributed by atoms with E-state index < -0.39 is 10.0 Å². The van der Waals surface area contributed by atoms with Crippen LogP contribution in [0.3, 0.4) is 0 Å². The molecule has 0 bridgehead atoms. The molecule has 0 spiro atoms. The van der Waals surface area contributed by atoms with Crippen molar-refractivity contribution >= 4 is 38.9 Å². The molecule has 1 aliphatic heterocycles. The van der Waals surface area contributed by atoms with Gasteiger partial charge in [-0.1, -0.05) is 23.7 Å². The lowest BCUT2D eigenvalue weighted by Gasteiger charge is -2.38. The van der Waals surface area contributed by atoms with E-state index >= 15 is 0 Å². The van der Waals surface area contributed by atoms with Gasteiger partial charge in [-0.3, -0.25) is 9.69 Å². The van der Waals surface area contributed by atoms with Crippen molar-refractivity contribution in [3.63, 3.8) is 0 Å². The van der Waals surface area contributed by atoms with Crippen LogP contribution >= 0.6 is 11.6 Å². The molecule has 0 saturated carbocycles. The summed E-state index contributed by atoms with van der Waals surface area (Å²) >= 11 is 6.27. The fourth-order valence-corrected chi connectivity index (χ4v) is 3.97. The van der Waals surface area contributed by atoms with Gasteiger partial charge in [0.05, 0.1) is 21.6 Å². The highest BCUT2D eigenvalue weighted by molar-refractivity contribution is 7.89. The summed E-state index contributed by atoms with van der Waals surface area (Å²) in [5, 5.41) is 8.63. The number of hydrogen-bond acceptors (Lipinski definition) is 5. The Labute approximate surface area is 170 Å². The van der Waals surface area contributed by atoms with Crippen LogP contribution in [0, 0.1) is 0 Å². The second kappa shape index (κ2) is 8.48. The van der Waals surface area contributed by atoms with Crippen LogP contribution in [0.5, 0.6) is 0 Å². The third-order valence-corrected chi connectivity index (χ3v) is 6.13. The Morgan fingerprint density at radius 3 is 2.25 bits per heavy atom. The van der Waals surface area contributed by atoms with Gasteiger partial charge in [-0.05, 0) is 43.3 Å². The molecule has 3 rings (SSSR count). The molecular weight excluding hydrogens is 400 g/mol. The number of carbonyl (C=O) groups is 1. The van der Waals surface area contributed by atoms with E-state index in [2.05, 4.69) is 15.1 Å². The number of sulfonamides is 1. The first-order valence-electron chi connectivity index (χ1n) is 8.93. The van der Waals surface area contributed by atoms with Gasteiger partial charge in [-0.15, -0.1) is 0 Å². The Bertz CT molecular complexity index is 942. The number of nitrogens with zero attached hydrogens (tertiary/aromatic N) is 2. The van der Waals surface area contributed by atoms with Crippen LogP contribution in [-0.2, 0) is 14.8 Å². The SMILES string of the molecule is C[C@H](C(=O)Nc1ccc(S(N)(=O)=O)cc1)N1CCN(c2ccccc2Cl)CC1. The van der Waals surface area contributed by atoms with E-state index in [1.54, 1.807) is 0 Å². The Morgan fingerprint density at radius 2 is 1.68 bits per heavy atom. The topological polar surface area (TPSA) is 95.7 Å². The van der Waals surface area contributed by atoms with E-state index in [0.29, 0.717) is 5.69 Å². The molecule has 1 aliphatic rings. The summed E-state index contributed by atoms with van der Waals surface area (Å²) in [7, 11) is -3.75. The minimum absolute atomic E-state index is 0.00856. The summed E-state index contributed by atoms with van der Waals surface area (Å²) < 4.78 is 22.6. The molecule has 1 heterocycles. The summed E-state index contributed by atoms with van der Waals surface area (Å²) in [6.07, 6.45) is 0. The molecule has 9 heteroatoms. The lowest BCUT2D eigenvalue weighted by molar-refractivity contribution is -0.120. The summed E-state index contributed by atoms with van der Waals surface area (Å²) in [6.45, 7) is 4.91. The van der Waals surface area contributed by atoms with E-state index in [9.17, 15) is 13.2 Å². The van der Waals surface area contributed by atoms with Crippen molar-refractivity contribution in [1.82, 2.24) is 4.90 Å². The highest BCUT2D eigenvalue weighted by Gasteiger charge is 2.26.